The number of hydrogen-bond donors (Lipinski definition) is 0. The van der Waals surface area contributed by atoms with E-state index in [0.717, 1.165) is 16.7 Å². The number of rotatable bonds is 6. The summed E-state index contributed by atoms with van der Waals surface area (Å²) in [5.74, 6) is -1.46. The van der Waals surface area contributed by atoms with Crippen LogP contribution in [0.1, 0.15) is 50.7 Å². The van der Waals surface area contributed by atoms with E-state index in [4.69, 9.17) is 14.2 Å². The molecular formula is C23H25F3N2O8S. The molecule has 0 fully saturated rings. The molecule has 0 amide bonds. The minimum atomic E-state index is -5.97. The molecule has 2 aromatic heterocycles. The van der Waals surface area contributed by atoms with Gasteiger partial charge in [0.05, 0.1) is 29.9 Å². The smallest absolute Gasteiger partial charge is 0.458 e. The summed E-state index contributed by atoms with van der Waals surface area (Å²) < 4.78 is 83.3. The van der Waals surface area contributed by atoms with Gasteiger partial charge in [-0.25, -0.2) is 19.1 Å². The van der Waals surface area contributed by atoms with E-state index in [2.05, 4.69) is 9.17 Å². The van der Waals surface area contributed by atoms with Crippen LogP contribution in [0.25, 0.3) is 21.8 Å². The van der Waals surface area contributed by atoms with Crippen LogP contribution in [-0.4, -0.2) is 54.4 Å². The van der Waals surface area contributed by atoms with Crippen LogP contribution in [-0.2, 0) is 30.9 Å². The average molecular weight is 547 g/mol. The third-order valence-electron chi connectivity index (χ3n) is 4.77. The number of carbonyl (C=O) groups is 2. The molecule has 0 bridgehead atoms. The summed E-state index contributed by atoms with van der Waals surface area (Å²) >= 11 is 0. The maximum absolute atomic E-state index is 13.1. The van der Waals surface area contributed by atoms with Gasteiger partial charge in [0.2, 0.25) is 0 Å². The lowest BCUT2D eigenvalue weighted by Gasteiger charge is -2.20. The van der Waals surface area contributed by atoms with Gasteiger partial charge in [0.1, 0.15) is 11.4 Å². The molecule has 14 heteroatoms. The van der Waals surface area contributed by atoms with E-state index in [1.165, 1.54) is 19.4 Å². The fraction of sp³-hybridized carbons (Fsp3) is 0.435. The Morgan fingerprint density at radius 2 is 1.76 bits per heavy atom. The van der Waals surface area contributed by atoms with Crippen molar-refractivity contribution in [3.8, 4) is 5.75 Å². The number of pyridine rings is 1. The van der Waals surface area contributed by atoms with E-state index in [1.54, 1.807) is 34.6 Å². The number of benzene rings is 1. The number of esters is 1. The molecule has 3 rings (SSSR count). The minimum Gasteiger partial charge on any atom is -0.458 e. The number of ether oxygens (including phenoxy) is 3. The predicted octanol–water partition coefficient (Wildman–Crippen LogP) is 4.91. The first-order valence-electron chi connectivity index (χ1n) is 10.9. The molecular weight excluding hydrogens is 521 g/mol. The molecule has 0 N–H and O–H groups in total. The summed E-state index contributed by atoms with van der Waals surface area (Å²) in [6, 6.07) is 3.17. The van der Waals surface area contributed by atoms with Gasteiger partial charge in [-0.05, 0) is 52.8 Å². The van der Waals surface area contributed by atoms with Crippen LogP contribution in [0.2, 0.25) is 0 Å². The lowest BCUT2D eigenvalue weighted by atomic mass is 10.1. The molecule has 0 saturated heterocycles. The van der Waals surface area contributed by atoms with Crippen LogP contribution < -0.4 is 4.18 Å². The zero-order valence-corrected chi connectivity index (χ0v) is 21.6. The van der Waals surface area contributed by atoms with Gasteiger partial charge in [0.15, 0.2) is 5.69 Å². The topological polar surface area (TPSA) is 123 Å². The molecule has 3 aromatic rings. The standard InChI is InChI=1S/C23H25F3N2O8S/c1-12(2)34-20(29)19-15(11-33-6)18-14-9-13(36-37(31,32)23(24,25)26)7-8-16(14)28(17(18)10-27-19)21(30)35-22(3,4)5/h7-10,12H,11H2,1-6H3. The Hall–Kier alpha value is -3.39. The first kappa shape index (κ1) is 28.2. The van der Waals surface area contributed by atoms with Gasteiger partial charge in [0.25, 0.3) is 0 Å². The number of halogens is 3. The summed E-state index contributed by atoms with van der Waals surface area (Å²) in [6.07, 6.45) is -0.120. The highest BCUT2D eigenvalue weighted by Gasteiger charge is 2.48. The Kier molecular flexibility index (Phi) is 7.48. The van der Waals surface area contributed by atoms with Crippen molar-refractivity contribution in [3.63, 3.8) is 0 Å². The Morgan fingerprint density at radius 1 is 1.11 bits per heavy atom. The highest BCUT2D eigenvalue weighted by molar-refractivity contribution is 7.88. The Bertz CT molecular complexity index is 1470. The molecule has 2 heterocycles. The van der Waals surface area contributed by atoms with Crippen molar-refractivity contribution in [2.24, 2.45) is 0 Å². The molecule has 0 radical (unpaired) electrons. The second kappa shape index (κ2) is 9.82. The van der Waals surface area contributed by atoms with Crippen molar-refractivity contribution >= 4 is 44.0 Å². The molecule has 0 unspecified atom stereocenters. The van der Waals surface area contributed by atoms with Gasteiger partial charge in [-0.15, -0.1) is 0 Å². The quantitative estimate of drug-likeness (QED) is 0.241. The van der Waals surface area contributed by atoms with Crippen LogP contribution in [0.4, 0.5) is 18.0 Å². The summed E-state index contributed by atoms with van der Waals surface area (Å²) in [5, 5.41) is 0.270. The molecule has 10 nitrogen and oxygen atoms in total. The zero-order valence-electron chi connectivity index (χ0n) is 20.8. The number of nitrogens with zero attached hydrogens (tertiary/aromatic N) is 2. The van der Waals surface area contributed by atoms with Crippen molar-refractivity contribution in [1.29, 1.82) is 0 Å². The molecule has 202 valence electrons. The van der Waals surface area contributed by atoms with Crippen molar-refractivity contribution < 1.29 is 49.6 Å². The Labute approximate surface area is 210 Å². The number of methoxy groups -OCH3 is 1. The van der Waals surface area contributed by atoms with Crippen LogP contribution in [0.15, 0.2) is 24.4 Å². The SMILES string of the molecule is COCc1c(C(=O)OC(C)C)ncc2c1c1cc(OS(=O)(=O)C(F)(F)F)ccc1n2C(=O)OC(C)(C)C. The van der Waals surface area contributed by atoms with E-state index in [1.807, 2.05) is 0 Å². The molecule has 0 spiro atoms. The van der Waals surface area contributed by atoms with Gasteiger partial charge in [-0.2, -0.15) is 21.6 Å². The van der Waals surface area contributed by atoms with Crippen LogP contribution in [0.5, 0.6) is 5.75 Å². The zero-order chi connectivity index (χ0) is 27.9. The Morgan fingerprint density at radius 3 is 2.30 bits per heavy atom. The molecule has 0 aliphatic rings. The van der Waals surface area contributed by atoms with Gasteiger partial charge >= 0.3 is 27.7 Å². The number of carbonyl (C=O) groups excluding carboxylic acids is 2. The van der Waals surface area contributed by atoms with Crippen molar-refractivity contribution in [2.45, 2.75) is 58.4 Å². The molecule has 0 atom stereocenters. The van der Waals surface area contributed by atoms with Crippen LogP contribution in [0, 0.1) is 0 Å². The van der Waals surface area contributed by atoms with Crippen LogP contribution >= 0.6 is 0 Å². The largest absolute Gasteiger partial charge is 0.534 e. The van der Waals surface area contributed by atoms with E-state index in [9.17, 15) is 31.2 Å². The van der Waals surface area contributed by atoms with E-state index in [0.29, 0.717) is 0 Å². The summed E-state index contributed by atoms with van der Waals surface area (Å²) in [5.41, 5.74) is -6.30. The van der Waals surface area contributed by atoms with Gasteiger partial charge < -0.3 is 18.4 Å². The average Bonchev–Trinajstić information content (AvgIpc) is 3.05. The minimum absolute atomic E-state index is 0.0868. The van der Waals surface area contributed by atoms with Crippen molar-refractivity contribution in [3.05, 3.63) is 35.7 Å². The summed E-state index contributed by atoms with van der Waals surface area (Å²) in [7, 11) is -4.63. The molecule has 0 saturated carbocycles. The lowest BCUT2D eigenvalue weighted by molar-refractivity contribution is -0.0500. The van der Waals surface area contributed by atoms with Gasteiger partial charge in [-0.1, -0.05) is 0 Å². The second-order valence-corrected chi connectivity index (χ2v) is 10.7. The summed E-state index contributed by atoms with van der Waals surface area (Å²) in [6.45, 7) is 7.98. The normalized spacial score (nSPS) is 12.8. The number of fused-ring (bicyclic) bond motifs is 3. The van der Waals surface area contributed by atoms with Crippen LogP contribution in [0.3, 0.4) is 0 Å². The third-order valence-corrected chi connectivity index (χ3v) is 5.75. The third kappa shape index (κ3) is 5.80. The van der Waals surface area contributed by atoms with E-state index >= 15 is 0 Å². The first-order valence-corrected chi connectivity index (χ1v) is 12.3. The van der Waals surface area contributed by atoms with E-state index in [-0.39, 0.29) is 39.7 Å². The van der Waals surface area contributed by atoms with Crippen molar-refractivity contribution in [2.75, 3.05) is 7.11 Å². The molecule has 1 aromatic carbocycles. The molecule has 37 heavy (non-hydrogen) atoms. The Balaban J connectivity index is 2.39. The number of alkyl halides is 3. The fourth-order valence-corrected chi connectivity index (χ4v) is 3.96. The first-order chi connectivity index (χ1) is 17.0. The highest BCUT2D eigenvalue weighted by atomic mass is 32.2. The monoisotopic (exact) mass is 546 g/mol. The molecule has 0 aliphatic heterocycles. The van der Waals surface area contributed by atoms with Gasteiger partial charge in [0, 0.05) is 23.4 Å². The molecule has 0 aliphatic carbocycles. The predicted molar refractivity (Wildman–Crippen MR) is 126 cm³/mol. The number of hydrogen-bond acceptors (Lipinski definition) is 9. The lowest BCUT2D eigenvalue weighted by Crippen LogP contribution is -2.28. The summed E-state index contributed by atoms with van der Waals surface area (Å²) in [4.78, 5) is 30.1. The van der Waals surface area contributed by atoms with E-state index < -0.39 is 45.1 Å². The fourth-order valence-electron chi connectivity index (χ4n) is 3.51. The highest BCUT2D eigenvalue weighted by Crippen LogP contribution is 2.37. The van der Waals surface area contributed by atoms with Crippen molar-refractivity contribution in [1.82, 2.24) is 9.55 Å². The van der Waals surface area contributed by atoms with Gasteiger partial charge in [-0.3, -0.25) is 0 Å². The maximum Gasteiger partial charge on any atom is 0.534 e. The number of aromatic nitrogens is 2. The second-order valence-electron chi connectivity index (χ2n) is 9.21. The maximum atomic E-state index is 13.1.